The second kappa shape index (κ2) is 19.2. The van der Waals surface area contributed by atoms with Crippen LogP contribution in [0.4, 0.5) is 11.9 Å². The highest BCUT2D eigenvalue weighted by Crippen LogP contribution is 2.35. The highest BCUT2D eigenvalue weighted by molar-refractivity contribution is 8.02. The lowest BCUT2D eigenvalue weighted by atomic mass is 10.2. The van der Waals surface area contributed by atoms with Crippen LogP contribution in [0.1, 0.15) is 0 Å². The first-order valence-corrected chi connectivity index (χ1v) is 17.3. The fraction of sp³-hybridized carbons (Fsp3) is 0.320. The maximum Gasteiger partial charge on any atom is 0.337 e. The van der Waals surface area contributed by atoms with E-state index in [1.54, 1.807) is 6.07 Å². The summed E-state index contributed by atoms with van der Waals surface area (Å²) in [6, 6.07) is 7.22. The lowest BCUT2D eigenvalue weighted by Gasteiger charge is -2.35. The number of hydrogen-bond acceptors (Lipinski definition) is 17. The van der Waals surface area contributed by atoms with Gasteiger partial charge in [0.2, 0.25) is 11.9 Å². The molecule has 0 aliphatic rings. The van der Waals surface area contributed by atoms with Crippen LogP contribution >= 0.6 is 47.0 Å². The van der Waals surface area contributed by atoms with Crippen molar-refractivity contribution >= 4 is 107 Å². The summed E-state index contributed by atoms with van der Waals surface area (Å²) < 4.78 is 0. The third kappa shape index (κ3) is 12.1. The molecule has 1 heterocycles. The van der Waals surface area contributed by atoms with Crippen LogP contribution in [0.5, 0.6) is 0 Å². The molecule has 1 aromatic carbocycles. The topological polar surface area (TPSA) is 344 Å². The van der Waals surface area contributed by atoms with Crippen molar-refractivity contribution in [1.82, 2.24) is 15.0 Å². The zero-order valence-corrected chi connectivity index (χ0v) is 28.0. The van der Waals surface area contributed by atoms with Crippen LogP contribution in [0.3, 0.4) is 0 Å². The highest BCUT2D eigenvalue weighted by Gasteiger charge is 2.43. The van der Waals surface area contributed by atoms with E-state index < -0.39 is 110 Å². The fourth-order valence-corrected chi connectivity index (χ4v) is 7.08. The lowest BCUT2D eigenvalue weighted by molar-refractivity contribution is -0.139. The molecule has 2 rings (SSSR count). The lowest BCUT2D eigenvalue weighted by Crippen LogP contribution is -2.51. The van der Waals surface area contributed by atoms with Gasteiger partial charge in [0.05, 0.1) is 23.0 Å². The summed E-state index contributed by atoms with van der Waals surface area (Å²) in [7, 11) is 0. The molecular formula is C25H25N5O16S4. The van der Waals surface area contributed by atoms with Gasteiger partial charge >= 0.3 is 47.8 Å². The summed E-state index contributed by atoms with van der Waals surface area (Å²) in [5, 5.41) is 68.7. The first-order valence-electron chi connectivity index (χ1n) is 13.1. The summed E-state index contributed by atoms with van der Waals surface area (Å²) in [4.78, 5) is 109. The molecule has 270 valence electrons. The molecule has 0 radical (unpaired) electrons. The normalized spacial score (nSPS) is 13.2. The van der Waals surface area contributed by atoms with Gasteiger partial charge < -0.3 is 40.9 Å². The van der Waals surface area contributed by atoms with Crippen molar-refractivity contribution in [2.45, 2.75) is 21.5 Å². The Morgan fingerprint density at radius 2 is 0.760 bits per heavy atom. The monoisotopic (exact) mass is 779 g/mol. The van der Waals surface area contributed by atoms with Crippen molar-refractivity contribution in [1.29, 1.82) is 0 Å². The molecule has 2 aromatic rings. The number of nitrogens with zero attached hydrogens (tertiary/aromatic N) is 5. The summed E-state index contributed by atoms with van der Waals surface area (Å²) in [6.45, 7) is 0. The van der Waals surface area contributed by atoms with E-state index in [0.29, 0.717) is 9.80 Å². The second-order valence-corrected chi connectivity index (χ2v) is 13.3. The number of aliphatic carboxylic acids is 8. The van der Waals surface area contributed by atoms with Gasteiger partial charge in [-0.3, -0.25) is 29.0 Å². The average Bonchev–Trinajstić information content (AvgIpc) is 3.02. The third-order valence-electron chi connectivity index (χ3n) is 5.42. The van der Waals surface area contributed by atoms with Gasteiger partial charge in [-0.1, -0.05) is 30.3 Å². The van der Waals surface area contributed by atoms with Crippen molar-refractivity contribution in [3.05, 3.63) is 30.3 Å². The molecular weight excluding hydrogens is 755 g/mol. The first kappa shape index (κ1) is 41.2. The number of anilines is 2. The first-order chi connectivity index (χ1) is 23.4. The standard InChI is InChI=1S/C25H25N5O16S4/c31-11(32)6-47-16(20(39)40)29(17(21(41)42)48-7-12(33)34)24-26-15(10-4-2-1-3-5-10)27-25(28-24)30(18(22(43)44)49-8-13(35)36)19(23(45)46)50-9-14(37)38/h1-5,16-19H,6-9H2,(H,31,32)(H,33,34)(H,35,36)(H,37,38)(H,39,40)(H,41,42)(H,43,44)(H,45,46). The molecule has 0 bridgehead atoms. The Labute approximate surface area is 296 Å². The molecule has 25 heteroatoms. The van der Waals surface area contributed by atoms with Crippen LogP contribution in [0.15, 0.2) is 30.3 Å². The number of thioether (sulfide) groups is 4. The molecule has 50 heavy (non-hydrogen) atoms. The molecule has 4 unspecified atom stereocenters. The predicted octanol–water partition coefficient (Wildman–Crippen LogP) is 0.0654. The van der Waals surface area contributed by atoms with Gasteiger partial charge in [0.15, 0.2) is 27.3 Å². The molecule has 0 spiro atoms. The van der Waals surface area contributed by atoms with Gasteiger partial charge in [0.25, 0.3) is 0 Å². The maximum absolute atomic E-state index is 12.5. The molecule has 21 nitrogen and oxygen atoms in total. The minimum atomic E-state index is -2.20. The Morgan fingerprint density at radius 3 is 1.00 bits per heavy atom. The Bertz CT molecular complexity index is 1450. The number of aromatic nitrogens is 3. The molecule has 0 amide bonds. The van der Waals surface area contributed by atoms with E-state index in [2.05, 4.69) is 15.0 Å². The Balaban J connectivity index is 3.13. The van der Waals surface area contributed by atoms with Crippen LogP contribution in [0.25, 0.3) is 11.4 Å². The molecule has 0 aliphatic carbocycles. The van der Waals surface area contributed by atoms with Crippen LogP contribution in [-0.4, -0.2) is 148 Å². The van der Waals surface area contributed by atoms with Crippen molar-refractivity contribution in [3.8, 4) is 11.4 Å². The Hall–Kier alpha value is -5.01. The zero-order valence-electron chi connectivity index (χ0n) is 24.7. The fourth-order valence-electron chi connectivity index (χ4n) is 3.65. The number of hydrogen-bond donors (Lipinski definition) is 8. The predicted molar refractivity (Wildman–Crippen MR) is 176 cm³/mol. The minimum absolute atomic E-state index is 0.0718. The highest BCUT2D eigenvalue weighted by atomic mass is 32.2. The van der Waals surface area contributed by atoms with Crippen LogP contribution in [-0.2, 0) is 38.4 Å². The van der Waals surface area contributed by atoms with Gasteiger partial charge in [-0.05, 0) is 0 Å². The zero-order chi connectivity index (χ0) is 37.7. The van der Waals surface area contributed by atoms with E-state index in [4.69, 9.17) is 0 Å². The van der Waals surface area contributed by atoms with E-state index in [1.807, 2.05) is 0 Å². The van der Waals surface area contributed by atoms with Crippen LogP contribution in [0, 0.1) is 0 Å². The summed E-state index contributed by atoms with van der Waals surface area (Å²) >= 11 is 0.574. The minimum Gasteiger partial charge on any atom is -0.481 e. The molecule has 1 aromatic heterocycles. The number of benzene rings is 1. The molecule has 0 aliphatic heterocycles. The van der Waals surface area contributed by atoms with Gasteiger partial charge in [-0.2, -0.15) is 15.0 Å². The van der Waals surface area contributed by atoms with Gasteiger partial charge in [-0.15, -0.1) is 47.0 Å². The largest absolute Gasteiger partial charge is 0.481 e. The van der Waals surface area contributed by atoms with Crippen molar-refractivity contribution < 1.29 is 79.2 Å². The van der Waals surface area contributed by atoms with Crippen molar-refractivity contribution in [3.63, 3.8) is 0 Å². The molecule has 0 fully saturated rings. The third-order valence-corrected chi connectivity index (χ3v) is 10.1. The molecule has 8 N–H and O–H groups in total. The molecule has 0 saturated heterocycles. The Morgan fingerprint density at radius 1 is 0.480 bits per heavy atom. The molecule has 4 atom stereocenters. The average molecular weight is 780 g/mol. The number of carboxylic acid groups (broad SMARTS) is 8. The maximum atomic E-state index is 12.5. The summed E-state index contributed by atoms with van der Waals surface area (Å²) in [6.07, 6.45) is 0. The van der Waals surface area contributed by atoms with Crippen molar-refractivity contribution in [2.75, 3.05) is 32.8 Å². The van der Waals surface area contributed by atoms with E-state index >= 15 is 0 Å². The second-order valence-electron chi connectivity index (χ2n) is 9.02. The van der Waals surface area contributed by atoms with Crippen LogP contribution in [0.2, 0.25) is 0 Å². The smallest absolute Gasteiger partial charge is 0.337 e. The summed E-state index contributed by atoms with van der Waals surface area (Å²) in [5.74, 6) is -19.8. The Kier molecular flexibility index (Phi) is 15.8. The van der Waals surface area contributed by atoms with Gasteiger partial charge in [0.1, 0.15) is 0 Å². The van der Waals surface area contributed by atoms with E-state index in [9.17, 15) is 79.2 Å². The van der Waals surface area contributed by atoms with Crippen molar-refractivity contribution in [2.24, 2.45) is 0 Å². The van der Waals surface area contributed by atoms with E-state index in [0.717, 1.165) is 0 Å². The van der Waals surface area contributed by atoms with E-state index in [1.165, 1.54) is 24.3 Å². The SMILES string of the molecule is O=C(O)CSC(C(=O)O)N(c1nc(-c2ccccc2)nc(N(C(SCC(=O)O)C(=O)O)C(SCC(=O)O)C(=O)O)n1)C(SCC(=O)O)C(=O)O. The van der Waals surface area contributed by atoms with E-state index in [-0.39, 0.29) is 52.6 Å². The summed E-state index contributed by atoms with van der Waals surface area (Å²) in [5.41, 5.74) is 0.0718. The quantitative estimate of drug-likeness (QED) is 0.0691. The van der Waals surface area contributed by atoms with Crippen LogP contribution < -0.4 is 9.80 Å². The number of carboxylic acids is 8. The number of carbonyl (C=O) groups is 8. The number of rotatable bonds is 23. The molecule has 0 saturated carbocycles. The van der Waals surface area contributed by atoms with Gasteiger partial charge in [-0.25, -0.2) is 19.2 Å². The van der Waals surface area contributed by atoms with Gasteiger partial charge in [0, 0.05) is 5.56 Å².